The summed E-state index contributed by atoms with van der Waals surface area (Å²) in [5.74, 6) is -1.59. The number of rotatable bonds is 6. The van der Waals surface area contributed by atoms with Crippen LogP contribution in [0.5, 0.6) is 5.75 Å². The van der Waals surface area contributed by atoms with E-state index in [2.05, 4.69) is 0 Å². The molecule has 4 nitrogen and oxygen atoms in total. The summed E-state index contributed by atoms with van der Waals surface area (Å²) in [6.07, 6.45) is 0.451. The topological polar surface area (TPSA) is 63.6 Å². The molecule has 0 aliphatic carbocycles. The number of carbonyl (C=O) groups is 2. The maximum absolute atomic E-state index is 12.2. The molecule has 0 aromatic heterocycles. The lowest BCUT2D eigenvalue weighted by molar-refractivity contribution is -0.131. The van der Waals surface area contributed by atoms with Crippen molar-refractivity contribution in [3.8, 4) is 5.75 Å². The highest BCUT2D eigenvalue weighted by molar-refractivity contribution is 6.42. The van der Waals surface area contributed by atoms with Crippen molar-refractivity contribution < 1.29 is 19.4 Å². The van der Waals surface area contributed by atoms with Crippen molar-refractivity contribution in [2.24, 2.45) is 0 Å². The van der Waals surface area contributed by atoms with Crippen LogP contribution < -0.4 is 4.74 Å². The van der Waals surface area contributed by atoms with Crippen molar-refractivity contribution in [3.63, 3.8) is 0 Å². The summed E-state index contributed by atoms with van der Waals surface area (Å²) in [6.45, 7) is 2.37. The van der Waals surface area contributed by atoms with Gasteiger partial charge in [0, 0.05) is 12.0 Å². The Hall–Kier alpha value is -3.14. The third-order valence-electron chi connectivity index (χ3n) is 4.10. The molecule has 0 radical (unpaired) electrons. The Labute approximate surface area is 145 Å². The van der Waals surface area contributed by atoms with E-state index in [1.165, 1.54) is 0 Å². The van der Waals surface area contributed by atoms with E-state index in [1.807, 2.05) is 49.4 Å². The van der Waals surface area contributed by atoms with Crippen molar-refractivity contribution >= 4 is 22.5 Å². The largest absolute Gasteiger partial charge is 0.493 e. The first-order chi connectivity index (χ1) is 12.1. The summed E-state index contributed by atoms with van der Waals surface area (Å²) < 4.78 is 5.71. The van der Waals surface area contributed by atoms with E-state index in [0.717, 1.165) is 16.7 Å². The zero-order valence-electron chi connectivity index (χ0n) is 13.9. The molecular formula is C21H18O4. The highest BCUT2D eigenvalue weighted by Gasteiger charge is 2.21. The van der Waals surface area contributed by atoms with E-state index < -0.39 is 11.8 Å². The van der Waals surface area contributed by atoms with Crippen LogP contribution in [0.15, 0.2) is 60.7 Å². The van der Waals surface area contributed by atoms with Gasteiger partial charge in [-0.3, -0.25) is 4.79 Å². The number of carbonyl (C=O) groups excluding carboxylic acids is 1. The maximum atomic E-state index is 12.2. The lowest BCUT2D eigenvalue weighted by Crippen LogP contribution is -2.16. The Morgan fingerprint density at radius 1 is 0.960 bits per heavy atom. The van der Waals surface area contributed by atoms with Crippen molar-refractivity contribution in [1.29, 1.82) is 0 Å². The SMILES string of the molecule is Cc1ccc(OCCc2ccc3ccccc3c2C(=O)C(=O)O)cc1. The van der Waals surface area contributed by atoms with Crippen LogP contribution in [0, 0.1) is 6.92 Å². The van der Waals surface area contributed by atoms with Gasteiger partial charge in [0.1, 0.15) is 5.75 Å². The summed E-state index contributed by atoms with van der Waals surface area (Å²) in [5.41, 5.74) is 2.08. The molecule has 0 saturated heterocycles. The third-order valence-corrected chi connectivity index (χ3v) is 4.10. The van der Waals surface area contributed by atoms with Gasteiger partial charge >= 0.3 is 5.97 Å². The second kappa shape index (κ2) is 7.18. The number of aliphatic carboxylic acids is 1. The van der Waals surface area contributed by atoms with Gasteiger partial charge in [-0.05, 0) is 35.4 Å². The summed E-state index contributed by atoms with van der Waals surface area (Å²) in [4.78, 5) is 23.5. The number of carboxylic acid groups (broad SMARTS) is 1. The zero-order valence-corrected chi connectivity index (χ0v) is 13.9. The number of Topliss-reactive ketones (excluding diaryl/α,β-unsaturated/α-hetero) is 1. The molecule has 0 unspecified atom stereocenters. The van der Waals surface area contributed by atoms with Crippen molar-refractivity contribution in [3.05, 3.63) is 77.4 Å². The third kappa shape index (κ3) is 3.69. The molecule has 4 heteroatoms. The standard InChI is InChI=1S/C21H18O4/c1-14-6-10-17(11-7-14)25-13-12-16-9-8-15-4-2-3-5-18(15)19(16)20(22)21(23)24/h2-11H,12-13H2,1H3,(H,23,24). The molecule has 0 heterocycles. The normalized spacial score (nSPS) is 10.6. The molecule has 0 aliphatic heterocycles. The second-order valence-electron chi connectivity index (χ2n) is 5.87. The van der Waals surface area contributed by atoms with Crippen LogP contribution in [0.2, 0.25) is 0 Å². The van der Waals surface area contributed by atoms with Gasteiger partial charge in [0.2, 0.25) is 0 Å². The Bertz CT molecular complexity index is 926. The molecule has 3 rings (SSSR count). The van der Waals surface area contributed by atoms with E-state index in [-0.39, 0.29) is 5.56 Å². The molecule has 0 saturated carbocycles. The Balaban J connectivity index is 1.87. The average Bonchev–Trinajstić information content (AvgIpc) is 2.62. The number of benzene rings is 3. The lowest BCUT2D eigenvalue weighted by Gasteiger charge is -2.12. The fourth-order valence-electron chi connectivity index (χ4n) is 2.81. The van der Waals surface area contributed by atoms with Crippen molar-refractivity contribution in [2.45, 2.75) is 13.3 Å². The lowest BCUT2D eigenvalue weighted by atomic mass is 9.94. The average molecular weight is 334 g/mol. The minimum absolute atomic E-state index is 0.248. The number of ether oxygens (including phenoxy) is 1. The van der Waals surface area contributed by atoms with Crippen LogP contribution in [0.4, 0.5) is 0 Å². The summed E-state index contributed by atoms with van der Waals surface area (Å²) in [6, 6.07) is 18.7. The van der Waals surface area contributed by atoms with E-state index >= 15 is 0 Å². The Morgan fingerprint density at radius 2 is 1.68 bits per heavy atom. The van der Waals surface area contributed by atoms with Gasteiger partial charge in [-0.2, -0.15) is 0 Å². The minimum atomic E-state index is -1.45. The predicted molar refractivity (Wildman–Crippen MR) is 96.3 cm³/mol. The fourth-order valence-corrected chi connectivity index (χ4v) is 2.81. The smallest absolute Gasteiger partial charge is 0.377 e. The van der Waals surface area contributed by atoms with E-state index in [9.17, 15) is 9.59 Å². The number of carboxylic acids is 1. The number of aryl methyl sites for hydroxylation is 1. The monoisotopic (exact) mass is 334 g/mol. The van der Waals surface area contributed by atoms with Crippen LogP contribution in [0.25, 0.3) is 10.8 Å². The Morgan fingerprint density at radius 3 is 2.40 bits per heavy atom. The molecule has 3 aromatic carbocycles. The molecule has 0 fully saturated rings. The zero-order chi connectivity index (χ0) is 17.8. The van der Waals surface area contributed by atoms with Gasteiger partial charge in [-0.25, -0.2) is 4.79 Å². The first-order valence-corrected chi connectivity index (χ1v) is 8.04. The molecule has 25 heavy (non-hydrogen) atoms. The van der Waals surface area contributed by atoms with E-state index in [1.54, 1.807) is 18.2 Å². The second-order valence-corrected chi connectivity index (χ2v) is 5.87. The van der Waals surface area contributed by atoms with Gasteiger partial charge in [-0.15, -0.1) is 0 Å². The van der Waals surface area contributed by atoms with Crippen LogP contribution in [0.1, 0.15) is 21.5 Å². The van der Waals surface area contributed by atoms with Crippen LogP contribution in [0.3, 0.4) is 0 Å². The number of ketones is 1. The predicted octanol–water partition coefficient (Wildman–Crippen LogP) is 4.04. The van der Waals surface area contributed by atoms with Crippen LogP contribution in [-0.4, -0.2) is 23.5 Å². The van der Waals surface area contributed by atoms with Gasteiger partial charge < -0.3 is 9.84 Å². The highest BCUT2D eigenvalue weighted by atomic mass is 16.5. The molecule has 0 atom stereocenters. The van der Waals surface area contributed by atoms with Gasteiger partial charge in [0.05, 0.1) is 6.61 Å². The van der Waals surface area contributed by atoms with Crippen molar-refractivity contribution in [1.82, 2.24) is 0 Å². The van der Waals surface area contributed by atoms with E-state index in [0.29, 0.717) is 24.0 Å². The highest BCUT2D eigenvalue weighted by Crippen LogP contribution is 2.24. The summed E-state index contributed by atoms with van der Waals surface area (Å²) in [7, 11) is 0. The van der Waals surface area contributed by atoms with Gasteiger partial charge in [-0.1, -0.05) is 54.1 Å². The fraction of sp³-hybridized carbons (Fsp3) is 0.143. The molecule has 0 aliphatic rings. The number of fused-ring (bicyclic) bond motifs is 1. The van der Waals surface area contributed by atoms with Crippen molar-refractivity contribution in [2.75, 3.05) is 6.61 Å². The molecular weight excluding hydrogens is 316 g/mol. The molecule has 126 valence electrons. The molecule has 1 N–H and O–H groups in total. The quantitative estimate of drug-likeness (QED) is 0.546. The Kier molecular flexibility index (Phi) is 4.80. The molecule has 0 spiro atoms. The molecule has 0 bridgehead atoms. The first-order valence-electron chi connectivity index (χ1n) is 8.04. The number of hydrogen-bond acceptors (Lipinski definition) is 3. The maximum Gasteiger partial charge on any atom is 0.377 e. The van der Waals surface area contributed by atoms with Crippen LogP contribution >= 0.6 is 0 Å². The van der Waals surface area contributed by atoms with Gasteiger partial charge in [0.15, 0.2) is 0 Å². The molecule has 3 aromatic rings. The minimum Gasteiger partial charge on any atom is -0.493 e. The van der Waals surface area contributed by atoms with Gasteiger partial charge in [0.25, 0.3) is 5.78 Å². The molecule has 0 amide bonds. The first kappa shape index (κ1) is 16.7. The summed E-state index contributed by atoms with van der Waals surface area (Å²) in [5, 5.41) is 10.7. The van der Waals surface area contributed by atoms with E-state index in [4.69, 9.17) is 9.84 Å². The number of hydrogen-bond donors (Lipinski definition) is 1. The van der Waals surface area contributed by atoms with Crippen LogP contribution in [-0.2, 0) is 11.2 Å². The summed E-state index contributed by atoms with van der Waals surface area (Å²) >= 11 is 0.